The fourth-order valence-electron chi connectivity index (χ4n) is 6.43. The van der Waals surface area contributed by atoms with Crippen molar-refractivity contribution in [2.24, 2.45) is 23.7 Å². The van der Waals surface area contributed by atoms with Crippen LogP contribution in [0.1, 0.15) is 70.6 Å². The van der Waals surface area contributed by atoms with Gasteiger partial charge < -0.3 is 14.6 Å². The number of Topliss-reactive ketones (excluding diaryl/α,β-unsaturated/α-hetero) is 1. The predicted octanol–water partition coefficient (Wildman–Crippen LogP) is 5.39. The molecule has 1 aliphatic heterocycles. The number of rotatable bonds is 5. The van der Waals surface area contributed by atoms with E-state index in [2.05, 4.69) is 30.4 Å². The third-order valence-electron chi connectivity index (χ3n) is 8.22. The van der Waals surface area contributed by atoms with Crippen LogP contribution in [0.15, 0.2) is 47.3 Å². The fourth-order valence-corrected chi connectivity index (χ4v) is 6.43. The van der Waals surface area contributed by atoms with Gasteiger partial charge in [-0.15, -0.1) is 0 Å². The highest BCUT2D eigenvalue weighted by Crippen LogP contribution is 2.46. The molecule has 1 saturated heterocycles. The van der Waals surface area contributed by atoms with E-state index < -0.39 is 6.29 Å². The van der Waals surface area contributed by atoms with Crippen LogP contribution in [0.3, 0.4) is 0 Å². The summed E-state index contributed by atoms with van der Waals surface area (Å²) >= 11 is 0. The highest BCUT2D eigenvalue weighted by molar-refractivity contribution is 5.96. The minimum absolute atomic E-state index is 0.00345. The molecule has 0 bridgehead atoms. The normalized spacial score (nSPS) is 37.6. The van der Waals surface area contributed by atoms with E-state index in [4.69, 9.17) is 9.47 Å². The van der Waals surface area contributed by atoms with Crippen molar-refractivity contribution in [3.8, 4) is 0 Å². The van der Waals surface area contributed by atoms with Crippen molar-refractivity contribution in [3.63, 3.8) is 0 Å². The van der Waals surface area contributed by atoms with Crippen LogP contribution >= 0.6 is 0 Å². The molecule has 0 aromatic rings. The van der Waals surface area contributed by atoms with Crippen LogP contribution in [0.2, 0.25) is 0 Å². The van der Waals surface area contributed by atoms with Crippen molar-refractivity contribution >= 4 is 5.78 Å². The Hall–Kier alpha value is -1.65. The molecule has 4 heteroatoms. The Morgan fingerprint density at radius 3 is 2.81 bits per heavy atom. The molecule has 0 amide bonds. The molecule has 6 unspecified atom stereocenters. The number of aliphatic hydroxyl groups is 1. The van der Waals surface area contributed by atoms with Crippen LogP contribution in [-0.4, -0.2) is 29.9 Å². The SMILES string of the molecule is O=C(COC1=CCC2C(C1)OC(O)C1C=CCCC12)C1=CCC(C2=CCCCC2)CC1. The standard InChI is InChI=1S/C27H36O4/c28-25(20-12-10-19(11-13-20)18-6-2-1-3-7-18)17-30-21-14-15-23-22-8-4-5-9-24(22)27(29)31-26(23)16-21/h5-6,9,12,14,19,22-24,26-27,29H,1-4,7-8,10-11,13,15-17H2. The second kappa shape index (κ2) is 9.46. The van der Waals surface area contributed by atoms with E-state index >= 15 is 0 Å². The van der Waals surface area contributed by atoms with Gasteiger partial charge in [0.05, 0.1) is 11.9 Å². The van der Waals surface area contributed by atoms with E-state index in [1.807, 2.05) is 0 Å². The average Bonchev–Trinajstić information content (AvgIpc) is 2.83. The van der Waals surface area contributed by atoms with Crippen molar-refractivity contribution in [1.82, 2.24) is 0 Å². The zero-order chi connectivity index (χ0) is 21.2. The lowest BCUT2D eigenvalue weighted by Crippen LogP contribution is -2.49. The number of hydrogen-bond acceptors (Lipinski definition) is 4. The van der Waals surface area contributed by atoms with Gasteiger partial charge in [-0.1, -0.05) is 29.9 Å². The highest BCUT2D eigenvalue weighted by atomic mass is 16.6. The van der Waals surface area contributed by atoms with Crippen LogP contribution in [0, 0.1) is 23.7 Å². The number of carbonyl (C=O) groups is 1. The minimum Gasteiger partial charge on any atom is -0.490 e. The molecule has 1 heterocycles. The summed E-state index contributed by atoms with van der Waals surface area (Å²) in [5.74, 6) is 2.67. The molecule has 4 nitrogen and oxygen atoms in total. The topological polar surface area (TPSA) is 55.8 Å². The predicted molar refractivity (Wildman–Crippen MR) is 120 cm³/mol. The fraction of sp³-hybridized carbons (Fsp3) is 0.667. The van der Waals surface area contributed by atoms with E-state index in [9.17, 15) is 9.90 Å². The highest BCUT2D eigenvalue weighted by Gasteiger charge is 2.45. The Labute approximate surface area is 186 Å². The Morgan fingerprint density at radius 1 is 1.06 bits per heavy atom. The lowest BCUT2D eigenvalue weighted by atomic mass is 9.68. The summed E-state index contributed by atoms with van der Waals surface area (Å²) < 4.78 is 11.9. The van der Waals surface area contributed by atoms with Gasteiger partial charge in [0.1, 0.15) is 0 Å². The van der Waals surface area contributed by atoms with E-state index in [0.717, 1.165) is 49.9 Å². The zero-order valence-corrected chi connectivity index (χ0v) is 18.5. The van der Waals surface area contributed by atoms with Crippen LogP contribution in [0.25, 0.3) is 0 Å². The number of carbonyl (C=O) groups excluding carboxylic acids is 1. The maximum Gasteiger partial charge on any atom is 0.195 e. The maximum absolute atomic E-state index is 12.7. The lowest BCUT2D eigenvalue weighted by Gasteiger charge is -2.47. The molecule has 1 N–H and O–H groups in total. The van der Waals surface area contributed by atoms with Crippen molar-refractivity contribution in [1.29, 1.82) is 0 Å². The third kappa shape index (κ3) is 4.61. The molecule has 1 fully saturated rings. The molecule has 0 saturated carbocycles. The van der Waals surface area contributed by atoms with Crippen molar-refractivity contribution in [2.75, 3.05) is 6.61 Å². The van der Waals surface area contributed by atoms with Crippen LogP contribution in [0.4, 0.5) is 0 Å². The number of hydrogen-bond donors (Lipinski definition) is 1. The first-order valence-electron chi connectivity index (χ1n) is 12.4. The molecule has 168 valence electrons. The van der Waals surface area contributed by atoms with Gasteiger partial charge in [-0.25, -0.2) is 0 Å². The molecule has 0 aromatic heterocycles. The Morgan fingerprint density at radius 2 is 2.00 bits per heavy atom. The molecule has 4 aliphatic carbocycles. The van der Waals surface area contributed by atoms with E-state index in [1.165, 1.54) is 25.7 Å². The molecule has 31 heavy (non-hydrogen) atoms. The van der Waals surface area contributed by atoms with Gasteiger partial charge in [0.25, 0.3) is 0 Å². The summed E-state index contributed by atoms with van der Waals surface area (Å²) in [5, 5.41) is 10.4. The smallest absolute Gasteiger partial charge is 0.195 e. The first-order chi connectivity index (χ1) is 15.2. The summed E-state index contributed by atoms with van der Waals surface area (Å²) in [4.78, 5) is 12.7. The molecular weight excluding hydrogens is 388 g/mol. The van der Waals surface area contributed by atoms with Gasteiger partial charge in [0.15, 0.2) is 18.7 Å². The number of aliphatic hydroxyl groups excluding tert-OH is 1. The van der Waals surface area contributed by atoms with Crippen molar-refractivity contribution in [2.45, 2.75) is 83.0 Å². The van der Waals surface area contributed by atoms with Gasteiger partial charge >= 0.3 is 0 Å². The molecule has 5 rings (SSSR count). The Balaban J connectivity index is 1.14. The molecule has 0 radical (unpaired) electrons. The van der Waals surface area contributed by atoms with Gasteiger partial charge in [-0.3, -0.25) is 4.79 Å². The molecule has 0 spiro atoms. The maximum atomic E-state index is 12.7. The summed E-state index contributed by atoms with van der Waals surface area (Å²) in [6, 6.07) is 0. The largest absolute Gasteiger partial charge is 0.490 e. The molecular formula is C27H36O4. The van der Waals surface area contributed by atoms with E-state index in [1.54, 1.807) is 5.57 Å². The zero-order valence-electron chi connectivity index (χ0n) is 18.5. The summed E-state index contributed by atoms with van der Waals surface area (Å²) in [5.41, 5.74) is 2.57. The second-order valence-electron chi connectivity index (χ2n) is 10.0. The van der Waals surface area contributed by atoms with Crippen LogP contribution in [0.5, 0.6) is 0 Å². The van der Waals surface area contributed by atoms with Gasteiger partial charge in [0.2, 0.25) is 0 Å². The van der Waals surface area contributed by atoms with Crippen LogP contribution < -0.4 is 0 Å². The third-order valence-corrected chi connectivity index (χ3v) is 8.22. The molecule has 6 atom stereocenters. The number of fused-ring (bicyclic) bond motifs is 3. The molecule has 0 aromatic carbocycles. The quantitative estimate of drug-likeness (QED) is 0.601. The Kier molecular flexibility index (Phi) is 6.47. The number of ether oxygens (including phenoxy) is 2. The monoisotopic (exact) mass is 424 g/mol. The minimum atomic E-state index is -0.719. The van der Waals surface area contributed by atoms with E-state index in [-0.39, 0.29) is 24.4 Å². The van der Waals surface area contributed by atoms with Gasteiger partial charge in [0, 0.05) is 12.3 Å². The number of ketones is 1. The second-order valence-corrected chi connectivity index (χ2v) is 10.0. The first-order valence-corrected chi connectivity index (χ1v) is 12.4. The van der Waals surface area contributed by atoms with Crippen molar-refractivity contribution < 1.29 is 19.4 Å². The summed E-state index contributed by atoms with van der Waals surface area (Å²) in [6.45, 7) is 0.125. The van der Waals surface area contributed by atoms with Gasteiger partial charge in [-0.2, -0.15) is 0 Å². The average molecular weight is 425 g/mol. The first kappa shape index (κ1) is 21.2. The molecule has 5 aliphatic rings. The summed E-state index contributed by atoms with van der Waals surface area (Å²) in [6.07, 6.45) is 22.2. The van der Waals surface area contributed by atoms with Crippen LogP contribution in [-0.2, 0) is 14.3 Å². The van der Waals surface area contributed by atoms with E-state index in [0.29, 0.717) is 24.2 Å². The Bertz CT molecular complexity index is 804. The van der Waals surface area contributed by atoms with Gasteiger partial charge in [-0.05, 0) is 93.6 Å². The van der Waals surface area contributed by atoms with Crippen molar-refractivity contribution in [3.05, 3.63) is 47.3 Å². The summed E-state index contributed by atoms with van der Waals surface area (Å²) in [7, 11) is 0. The lowest BCUT2D eigenvalue weighted by molar-refractivity contribution is -0.227. The number of allylic oxidation sites excluding steroid dienone is 5.